The molecule has 144 valence electrons. The van der Waals surface area contributed by atoms with E-state index in [0.29, 0.717) is 35.0 Å². The van der Waals surface area contributed by atoms with Crippen LogP contribution >= 0.6 is 12.4 Å². The Labute approximate surface area is 164 Å². The van der Waals surface area contributed by atoms with Crippen LogP contribution in [0.5, 0.6) is 5.75 Å². The number of hydrogen-bond donors (Lipinski definition) is 3. The van der Waals surface area contributed by atoms with Crippen LogP contribution in [0.25, 0.3) is 0 Å². The number of rotatable bonds is 7. The van der Waals surface area contributed by atoms with Crippen LogP contribution < -0.4 is 21.1 Å². The molecule has 1 atom stereocenters. The normalized spacial score (nSPS) is 13.9. The fraction of sp³-hybridized carbons (Fsp3) is 0.300. The average Bonchev–Trinajstić information content (AvgIpc) is 3.51. The largest absolute Gasteiger partial charge is 0.497 e. The minimum Gasteiger partial charge on any atom is -0.497 e. The Morgan fingerprint density at radius 3 is 2.37 bits per heavy atom. The van der Waals surface area contributed by atoms with Crippen LogP contribution in [-0.4, -0.2) is 31.5 Å². The Balaban J connectivity index is 0.00000261. The second-order valence-electron chi connectivity index (χ2n) is 6.38. The number of nitrogens with two attached hydrogens (primary N) is 1. The van der Waals surface area contributed by atoms with Crippen molar-refractivity contribution in [3.63, 3.8) is 0 Å². The standard InChI is InChI=1S/C20H23N3O3.ClH/c1-26-15-10-8-14(9-11-15)19(24)22-17-5-3-2-4-16(17)20(25)23-18(12-21)13-6-7-13;/h2-5,8-11,13,18H,6-7,12,21H2,1H3,(H,22,24)(H,23,25);1H. The monoisotopic (exact) mass is 389 g/mol. The molecule has 1 aliphatic carbocycles. The highest BCUT2D eigenvalue weighted by Crippen LogP contribution is 2.32. The highest BCUT2D eigenvalue weighted by molar-refractivity contribution is 6.09. The van der Waals surface area contributed by atoms with Gasteiger partial charge in [0.05, 0.1) is 18.4 Å². The molecule has 0 bridgehead atoms. The summed E-state index contributed by atoms with van der Waals surface area (Å²) in [5.74, 6) is 0.627. The molecule has 2 aromatic rings. The first-order chi connectivity index (χ1) is 12.6. The van der Waals surface area contributed by atoms with E-state index in [1.807, 2.05) is 0 Å². The minimum absolute atomic E-state index is 0. The zero-order valence-corrected chi connectivity index (χ0v) is 15.9. The lowest BCUT2D eigenvalue weighted by atomic mass is 10.1. The van der Waals surface area contributed by atoms with E-state index in [0.717, 1.165) is 12.8 Å². The number of para-hydroxylation sites is 1. The molecule has 6 nitrogen and oxygen atoms in total. The van der Waals surface area contributed by atoms with E-state index >= 15 is 0 Å². The maximum Gasteiger partial charge on any atom is 0.255 e. The molecule has 3 rings (SSSR count). The van der Waals surface area contributed by atoms with Gasteiger partial charge in [0.25, 0.3) is 11.8 Å². The van der Waals surface area contributed by atoms with Crippen LogP contribution in [0.1, 0.15) is 33.6 Å². The molecule has 2 aromatic carbocycles. The van der Waals surface area contributed by atoms with Gasteiger partial charge in [-0.1, -0.05) is 12.1 Å². The lowest BCUT2D eigenvalue weighted by Gasteiger charge is -2.17. The first-order valence-electron chi connectivity index (χ1n) is 8.67. The van der Waals surface area contributed by atoms with Gasteiger partial charge in [0.2, 0.25) is 0 Å². The number of nitrogens with one attached hydrogen (secondary N) is 2. The number of ether oxygens (including phenoxy) is 1. The number of methoxy groups -OCH3 is 1. The highest BCUT2D eigenvalue weighted by Gasteiger charge is 2.31. The van der Waals surface area contributed by atoms with Gasteiger partial charge >= 0.3 is 0 Å². The first-order valence-corrected chi connectivity index (χ1v) is 8.67. The predicted molar refractivity (Wildman–Crippen MR) is 108 cm³/mol. The summed E-state index contributed by atoms with van der Waals surface area (Å²) in [6.07, 6.45) is 2.19. The van der Waals surface area contributed by atoms with Gasteiger partial charge in [-0.2, -0.15) is 0 Å². The molecule has 2 amide bonds. The number of hydrogen-bond acceptors (Lipinski definition) is 4. The fourth-order valence-corrected chi connectivity index (χ4v) is 2.84. The number of benzene rings is 2. The van der Waals surface area contributed by atoms with Gasteiger partial charge < -0.3 is 21.1 Å². The van der Waals surface area contributed by atoms with Crippen molar-refractivity contribution in [3.05, 3.63) is 59.7 Å². The number of amides is 2. The van der Waals surface area contributed by atoms with Crippen molar-refractivity contribution in [1.29, 1.82) is 0 Å². The van der Waals surface area contributed by atoms with Crippen LogP contribution in [0.3, 0.4) is 0 Å². The topological polar surface area (TPSA) is 93.4 Å². The van der Waals surface area contributed by atoms with Crippen molar-refractivity contribution in [1.82, 2.24) is 5.32 Å². The van der Waals surface area contributed by atoms with Gasteiger partial charge in [-0.3, -0.25) is 9.59 Å². The number of anilines is 1. The summed E-state index contributed by atoms with van der Waals surface area (Å²) < 4.78 is 5.09. The molecule has 0 aromatic heterocycles. The third-order valence-corrected chi connectivity index (χ3v) is 4.53. The molecule has 7 heteroatoms. The van der Waals surface area contributed by atoms with Gasteiger partial charge in [-0.15, -0.1) is 12.4 Å². The Morgan fingerprint density at radius 1 is 1.11 bits per heavy atom. The van der Waals surface area contributed by atoms with Gasteiger partial charge in [-0.25, -0.2) is 0 Å². The maximum absolute atomic E-state index is 12.6. The smallest absolute Gasteiger partial charge is 0.255 e. The van der Waals surface area contributed by atoms with E-state index in [2.05, 4.69) is 10.6 Å². The zero-order chi connectivity index (χ0) is 18.5. The lowest BCUT2D eigenvalue weighted by molar-refractivity contribution is 0.0934. The van der Waals surface area contributed by atoms with Crippen LogP contribution in [0.2, 0.25) is 0 Å². The Hall–Kier alpha value is -2.57. The molecule has 27 heavy (non-hydrogen) atoms. The molecule has 1 unspecified atom stereocenters. The van der Waals surface area contributed by atoms with Crippen molar-refractivity contribution in [2.45, 2.75) is 18.9 Å². The Kier molecular flexibility index (Phi) is 7.21. The maximum atomic E-state index is 12.6. The summed E-state index contributed by atoms with van der Waals surface area (Å²) in [4.78, 5) is 25.1. The quantitative estimate of drug-likeness (QED) is 0.678. The van der Waals surface area contributed by atoms with Crippen molar-refractivity contribution in [2.24, 2.45) is 11.7 Å². The van der Waals surface area contributed by atoms with Crippen molar-refractivity contribution >= 4 is 29.9 Å². The predicted octanol–water partition coefficient (Wildman–Crippen LogP) is 2.84. The fourth-order valence-electron chi connectivity index (χ4n) is 2.84. The summed E-state index contributed by atoms with van der Waals surface area (Å²) >= 11 is 0. The van der Waals surface area contributed by atoms with E-state index in [1.165, 1.54) is 0 Å². The summed E-state index contributed by atoms with van der Waals surface area (Å²) in [5, 5.41) is 5.79. The summed E-state index contributed by atoms with van der Waals surface area (Å²) in [6, 6.07) is 13.7. The highest BCUT2D eigenvalue weighted by atomic mass is 35.5. The molecule has 0 radical (unpaired) electrons. The second kappa shape index (κ2) is 9.39. The van der Waals surface area contributed by atoms with Crippen LogP contribution in [0.15, 0.2) is 48.5 Å². The second-order valence-corrected chi connectivity index (χ2v) is 6.38. The number of halogens is 1. The average molecular weight is 390 g/mol. The summed E-state index contributed by atoms with van der Waals surface area (Å²) in [5.41, 5.74) is 7.14. The third-order valence-electron chi connectivity index (χ3n) is 4.53. The Morgan fingerprint density at radius 2 is 1.78 bits per heavy atom. The van der Waals surface area contributed by atoms with Crippen molar-refractivity contribution < 1.29 is 14.3 Å². The molecule has 1 aliphatic rings. The Bertz CT molecular complexity index is 791. The summed E-state index contributed by atoms with van der Waals surface area (Å²) in [6.45, 7) is 0.413. The minimum atomic E-state index is -0.287. The molecular weight excluding hydrogens is 366 g/mol. The van der Waals surface area contributed by atoms with Crippen molar-refractivity contribution in [3.8, 4) is 5.75 Å². The SMILES string of the molecule is COc1ccc(C(=O)Nc2ccccc2C(=O)NC(CN)C2CC2)cc1.Cl. The van der Waals surface area contributed by atoms with E-state index in [-0.39, 0.29) is 30.3 Å². The molecule has 1 fully saturated rings. The third kappa shape index (κ3) is 5.21. The molecule has 0 spiro atoms. The molecular formula is C20H24ClN3O3. The van der Waals surface area contributed by atoms with E-state index in [9.17, 15) is 9.59 Å². The molecule has 0 heterocycles. The van der Waals surface area contributed by atoms with Crippen LogP contribution in [0, 0.1) is 5.92 Å². The zero-order valence-electron chi connectivity index (χ0n) is 15.1. The van der Waals surface area contributed by atoms with Gasteiger partial charge in [0.15, 0.2) is 0 Å². The molecule has 0 saturated heterocycles. The first kappa shape index (κ1) is 20.7. The molecule has 4 N–H and O–H groups in total. The summed E-state index contributed by atoms with van der Waals surface area (Å²) in [7, 11) is 1.57. The molecule has 0 aliphatic heterocycles. The van der Waals surface area contributed by atoms with Gasteiger partial charge in [0.1, 0.15) is 5.75 Å². The van der Waals surface area contributed by atoms with Crippen LogP contribution in [-0.2, 0) is 0 Å². The van der Waals surface area contributed by atoms with Crippen LogP contribution in [0.4, 0.5) is 5.69 Å². The molecule has 1 saturated carbocycles. The van der Waals surface area contributed by atoms with E-state index in [4.69, 9.17) is 10.5 Å². The van der Waals surface area contributed by atoms with Crippen molar-refractivity contribution in [2.75, 3.05) is 19.0 Å². The van der Waals surface area contributed by atoms with E-state index < -0.39 is 0 Å². The number of carbonyl (C=O) groups excluding carboxylic acids is 2. The van der Waals surface area contributed by atoms with E-state index in [1.54, 1.807) is 55.6 Å². The van der Waals surface area contributed by atoms with Gasteiger partial charge in [-0.05, 0) is 55.2 Å². The lowest BCUT2D eigenvalue weighted by Crippen LogP contribution is -2.42. The van der Waals surface area contributed by atoms with Gasteiger partial charge in [0, 0.05) is 18.2 Å². The number of carbonyl (C=O) groups is 2.